The van der Waals surface area contributed by atoms with Crippen molar-refractivity contribution in [3.63, 3.8) is 0 Å². The highest BCUT2D eigenvalue weighted by Gasteiger charge is 2.69. The predicted molar refractivity (Wildman–Crippen MR) is 187 cm³/mol. The van der Waals surface area contributed by atoms with Crippen LogP contribution in [0.5, 0.6) is 11.5 Å². The van der Waals surface area contributed by atoms with Crippen LogP contribution in [0.1, 0.15) is 36.8 Å². The molecule has 12 nitrogen and oxygen atoms in total. The minimum Gasteiger partial charge on any atom is -0.508 e. The van der Waals surface area contributed by atoms with Gasteiger partial charge in [-0.25, -0.2) is 9.69 Å². The number of carbonyl (C=O) groups excluding carboxylic acids is 5. The molecule has 2 aliphatic heterocycles. The van der Waals surface area contributed by atoms with Crippen LogP contribution < -0.4 is 9.64 Å². The molecule has 6 unspecified atom stereocenters. The third kappa shape index (κ3) is 4.43. The molecule has 3 fully saturated rings. The minimum atomic E-state index is -1.44. The van der Waals surface area contributed by atoms with E-state index in [4.69, 9.17) is 26.2 Å². The van der Waals surface area contributed by atoms with Gasteiger partial charge in [0.25, 0.3) is 0 Å². The van der Waals surface area contributed by atoms with Gasteiger partial charge in [-0.05, 0) is 73.9 Å². The van der Waals surface area contributed by atoms with E-state index in [0.29, 0.717) is 32.5 Å². The summed E-state index contributed by atoms with van der Waals surface area (Å²) in [6.07, 6.45) is 0.946. The van der Waals surface area contributed by atoms with Gasteiger partial charge in [-0.1, -0.05) is 29.3 Å². The van der Waals surface area contributed by atoms with Crippen molar-refractivity contribution in [3.8, 4) is 22.1 Å². The number of benzene rings is 2. The number of likely N-dealkylation sites (tertiary alicyclic amines) is 1. The van der Waals surface area contributed by atoms with Crippen molar-refractivity contribution < 1.29 is 38.6 Å². The van der Waals surface area contributed by atoms with Crippen LogP contribution in [0.4, 0.5) is 10.6 Å². The largest absolute Gasteiger partial charge is 0.508 e. The number of anilines is 1. The second-order valence-electron chi connectivity index (χ2n) is 13.7. The fourth-order valence-corrected chi connectivity index (χ4v) is 10.3. The number of hydrogen-bond donors (Lipinski definition) is 1. The molecule has 0 bridgehead atoms. The molecule has 1 N–H and O–H groups in total. The molecule has 0 spiro atoms. The van der Waals surface area contributed by atoms with Gasteiger partial charge in [0, 0.05) is 34.3 Å². The normalized spacial score (nSPS) is 27.1. The Morgan fingerprint density at radius 3 is 2.55 bits per heavy atom. The Morgan fingerprint density at radius 1 is 1.06 bits per heavy atom. The van der Waals surface area contributed by atoms with Crippen LogP contribution >= 0.6 is 22.9 Å². The molecule has 4 heterocycles. The van der Waals surface area contributed by atoms with E-state index < -0.39 is 64.7 Å². The summed E-state index contributed by atoms with van der Waals surface area (Å²) in [5.41, 5.74) is 1.04. The summed E-state index contributed by atoms with van der Waals surface area (Å²) in [5, 5.41) is 17.8. The summed E-state index contributed by atoms with van der Waals surface area (Å²) in [6.45, 7) is 3.70. The van der Waals surface area contributed by atoms with E-state index in [-0.39, 0.29) is 24.4 Å². The number of methoxy groups -OCH3 is 2. The molecule has 0 radical (unpaired) electrons. The molecule has 2 saturated heterocycles. The van der Waals surface area contributed by atoms with Crippen molar-refractivity contribution >= 4 is 68.6 Å². The first-order valence-corrected chi connectivity index (χ1v) is 17.7. The lowest BCUT2D eigenvalue weighted by atomic mass is 9.51. The molecule has 6 atom stereocenters. The number of thiophene rings is 1. The topological polar surface area (TPSA) is 148 Å². The smallest absolute Gasteiger partial charge is 0.423 e. The van der Waals surface area contributed by atoms with Gasteiger partial charge in [0.1, 0.15) is 23.0 Å². The SMILES string of the molecule is COC(=O)N1C(=O)C2CC=C3C(CC4C(=O)N(c5cc(-c6sc7ccc(Cl)cc7c6C)nn5C)C(=O)C4(C)C3c3c(O)cccc3OC)C2C1=O. The average molecular weight is 729 g/mol. The van der Waals surface area contributed by atoms with E-state index in [1.165, 1.54) is 29.2 Å². The van der Waals surface area contributed by atoms with E-state index in [1.807, 2.05) is 31.2 Å². The number of phenolic OH excluding ortho intramolecular Hbond substituents is 1. The van der Waals surface area contributed by atoms with Crippen LogP contribution in [0.3, 0.4) is 0 Å². The van der Waals surface area contributed by atoms with Gasteiger partial charge >= 0.3 is 6.09 Å². The molecular weight excluding hydrogens is 696 g/mol. The summed E-state index contributed by atoms with van der Waals surface area (Å²) < 4.78 is 13.0. The molecule has 2 aliphatic carbocycles. The molecule has 4 aromatic rings. The van der Waals surface area contributed by atoms with Crippen LogP contribution in [-0.4, -0.2) is 63.7 Å². The van der Waals surface area contributed by atoms with Crippen LogP contribution in [0, 0.1) is 36.0 Å². The quantitative estimate of drug-likeness (QED) is 0.198. The van der Waals surface area contributed by atoms with Crippen LogP contribution in [-0.2, 0) is 31.0 Å². The lowest BCUT2D eigenvalue weighted by Crippen LogP contribution is -2.49. The zero-order chi connectivity index (χ0) is 36.3. The number of rotatable bonds is 4. The Bertz CT molecular complexity index is 2280. The number of ether oxygens (including phenoxy) is 2. The summed E-state index contributed by atoms with van der Waals surface area (Å²) >= 11 is 7.82. The van der Waals surface area contributed by atoms with Crippen molar-refractivity contribution in [3.05, 3.63) is 70.3 Å². The molecule has 8 rings (SSSR count). The Hall–Kier alpha value is -5.01. The Balaban J connectivity index is 1.27. The molecule has 5 amide bonds. The zero-order valence-electron chi connectivity index (χ0n) is 28.3. The van der Waals surface area contributed by atoms with Crippen LogP contribution in [0.25, 0.3) is 20.7 Å². The molecule has 262 valence electrons. The first-order valence-electron chi connectivity index (χ1n) is 16.5. The van der Waals surface area contributed by atoms with Gasteiger partial charge in [-0.2, -0.15) is 10.00 Å². The molecule has 2 aromatic heterocycles. The monoisotopic (exact) mass is 728 g/mol. The number of nitrogens with zero attached hydrogens (tertiary/aromatic N) is 4. The van der Waals surface area contributed by atoms with Crippen molar-refractivity contribution in [1.82, 2.24) is 14.7 Å². The number of amides is 5. The number of imide groups is 4. The number of fused-ring (bicyclic) bond motifs is 5. The number of halogens is 1. The molecular formula is C37H33ClN4O8S. The standard InChI is InChI=1S/C37H33ClN4O8S/c1-16-20-13-17(38)9-12-26(20)51-31(16)23-15-27(40(3)39-23)41-33(45)22-14-21-18(10-11-19-28(21)34(46)42(32(19)44)36(48)50-5)30(37(22,2)35(41)47)29-24(43)7-6-8-25(29)49-4/h6-10,12-13,15,19,21-22,28,30,43H,11,14H2,1-5H3. The van der Waals surface area contributed by atoms with Gasteiger partial charge in [0.15, 0.2) is 0 Å². The summed E-state index contributed by atoms with van der Waals surface area (Å²) in [4.78, 5) is 72.2. The highest BCUT2D eigenvalue weighted by Crippen LogP contribution is 2.65. The first-order chi connectivity index (χ1) is 24.3. The van der Waals surface area contributed by atoms with Crippen molar-refractivity contribution in [2.45, 2.75) is 32.6 Å². The predicted octanol–water partition coefficient (Wildman–Crippen LogP) is 5.97. The number of aromatic nitrogens is 2. The maximum Gasteiger partial charge on any atom is 0.423 e. The maximum absolute atomic E-state index is 15.0. The number of aryl methyl sites for hydroxylation is 2. The minimum absolute atomic E-state index is 0.0614. The van der Waals surface area contributed by atoms with Crippen molar-refractivity contribution in [2.75, 3.05) is 19.1 Å². The molecule has 51 heavy (non-hydrogen) atoms. The van der Waals surface area contributed by atoms with Gasteiger partial charge in [-0.3, -0.25) is 23.9 Å². The second-order valence-corrected chi connectivity index (χ2v) is 15.2. The number of allylic oxidation sites excluding steroid dienone is 2. The summed E-state index contributed by atoms with van der Waals surface area (Å²) in [6, 6.07) is 12.2. The fourth-order valence-electron chi connectivity index (χ4n) is 9.03. The lowest BCUT2D eigenvalue weighted by molar-refractivity contribution is -0.138. The van der Waals surface area contributed by atoms with Gasteiger partial charge < -0.3 is 14.6 Å². The fraction of sp³-hybridized carbons (Fsp3) is 0.351. The number of hydrogen-bond acceptors (Lipinski definition) is 10. The molecule has 1 saturated carbocycles. The van der Waals surface area contributed by atoms with E-state index in [1.54, 1.807) is 32.2 Å². The average Bonchev–Trinajstić information content (AvgIpc) is 3.78. The van der Waals surface area contributed by atoms with E-state index in [9.17, 15) is 24.3 Å². The van der Waals surface area contributed by atoms with Crippen LogP contribution in [0.15, 0.2) is 54.1 Å². The molecule has 4 aliphatic rings. The molecule has 2 aromatic carbocycles. The number of carbonyl (C=O) groups is 5. The lowest BCUT2D eigenvalue weighted by Gasteiger charge is -2.49. The Labute approximate surface area is 301 Å². The first kappa shape index (κ1) is 33.2. The van der Waals surface area contributed by atoms with E-state index in [2.05, 4.69) is 0 Å². The van der Waals surface area contributed by atoms with E-state index >= 15 is 4.79 Å². The Kier molecular flexibility index (Phi) is 7.48. The Morgan fingerprint density at radius 2 is 1.82 bits per heavy atom. The third-order valence-electron chi connectivity index (χ3n) is 11.4. The third-order valence-corrected chi connectivity index (χ3v) is 12.9. The van der Waals surface area contributed by atoms with Gasteiger partial charge in [0.05, 0.1) is 42.3 Å². The zero-order valence-corrected chi connectivity index (χ0v) is 29.9. The summed E-state index contributed by atoms with van der Waals surface area (Å²) in [5.74, 6) is -6.31. The summed E-state index contributed by atoms with van der Waals surface area (Å²) in [7, 11) is 4.22. The maximum atomic E-state index is 15.0. The van der Waals surface area contributed by atoms with Gasteiger partial charge in [-0.15, -0.1) is 11.3 Å². The van der Waals surface area contributed by atoms with Gasteiger partial charge in [0.2, 0.25) is 23.6 Å². The van der Waals surface area contributed by atoms with Crippen molar-refractivity contribution in [2.24, 2.45) is 36.1 Å². The van der Waals surface area contributed by atoms with Crippen LogP contribution in [0.2, 0.25) is 5.02 Å². The molecule has 14 heteroatoms. The highest BCUT2D eigenvalue weighted by atomic mass is 35.5. The second kappa shape index (κ2) is 11.5. The highest BCUT2D eigenvalue weighted by molar-refractivity contribution is 7.22. The number of aromatic hydroxyl groups is 1. The van der Waals surface area contributed by atoms with Crippen molar-refractivity contribution in [1.29, 1.82) is 0 Å². The number of phenols is 1. The van der Waals surface area contributed by atoms with E-state index in [0.717, 1.165) is 32.5 Å².